The maximum atomic E-state index is 10.3. The van der Waals surface area contributed by atoms with E-state index in [0.717, 1.165) is 11.3 Å². The highest BCUT2D eigenvalue weighted by Gasteiger charge is 2.07. The van der Waals surface area contributed by atoms with E-state index in [4.69, 9.17) is 9.84 Å². The lowest BCUT2D eigenvalue weighted by Gasteiger charge is -2.12. The maximum absolute atomic E-state index is 10.3. The third kappa shape index (κ3) is 3.62. The summed E-state index contributed by atoms with van der Waals surface area (Å²) in [7, 11) is 0. The van der Waals surface area contributed by atoms with Gasteiger partial charge in [-0.15, -0.1) is 0 Å². The molecule has 0 aromatic heterocycles. The Labute approximate surface area is 89.7 Å². The van der Waals surface area contributed by atoms with Crippen LogP contribution in [-0.4, -0.2) is 17.7 Å². The molecular formula is C12H16O3. The Balaban J connectivity index is 2.63. The Kier molecular flexibility index (Phi) is 4.16. The standard InChI is InChI=1S/C12H16O3/c1-9(2)10-5-3-4-6-11(10)15-8-7-12(13)14/h3-6,9H,7-8H2,1-2H3,(H,13,14). The number of hydrogen-bond donors (Lipinski definition) is 1. The highest BCUT2D eigenvalue weighted by molar-refractivity contribution is 5.66. The second-order valence-electron chi connectivity index (χ2n) is 3.68. The van der Waals surface area contributed by atoms with Crippen molar-refractivity contribution in [1.82, 2.24) is 0 Å². The van der Waals surface area contributed by atoms with Gasteiger partial charge in [-0.3, -0.25) is 4.79 Å². The first-order valence-corrected chi connectivity index (χ1v) is 5.04. The fraction of sp³-hybridized carbons (Fsp3) is 0.417. The van der Waals surface area contributed by atoms with Gasteiger partial charge in [0.15, 0.2) is 0 Å². The van der Waals surface area contributed by atoms with Crippen LogP contribution in [0.3, 0.4) is 0 Å². The lowest BCUT2D eigenvalue weighted by molar-refractivity contribution is -0.137. The topological polar surface area (TPSA) is 46.5 Å². The molecule has 1 N–H and O–H groups in total. The summed E-state index contributed by atoms with van der Waals surface area (Å²) < 4.78 is 5.43. The molecule has 0 spiro atoms. The molecule has 0 heterocycles. The van der Waals surface area contributed by atoms with Crippen LogP contribution in [0.1, 0.15) is 31.7 Å². The van der Waals surface area contributed by atoms with Gasteiger partial charge in [-0.05, 0) is 17.5 Å². The Morgan fingerprint density at radius 2 is 2.07 bits per heavy atom. The molecule has 0 unspecified atom stereocenters. The number of carbonyl (C=O) groups is 1. The lowest BCUT2D eigenvalue weighted by Crippen LogP contribution is -2.06. The van der Waals surface area contributed by atoms with E-state index in [0.29, 0.717) is 5.92 Å². The third-order valence-corrected chi connectivity index (χ3v) is 2.11. The van der Waals surface area contributed by atoms with E-state index < -0.39 is 5.97 Å². The maximum Gasteiger partial charge on any atom is 0.306 e. The fourth-order valence-electron chi connectivity index (χ4n) is 1.34. The number of ether oxygens (including phenoxy) is 1. The van der Waals surface area contributed by atoms with Crippen molar-refractivity contribution in [2.24, 2.45) is 0 Å². The molecule has 0 bridgehead atoms. The molecule has 0 radical (unpaired) electrons. The number of hydrogen-bond acceptors (Lipinski definition) is 2. The highest BCUT2D eigenvalue weighted by atomic mass is 16.5. The second kappa shape index (κ2) is 5.39. The fourth-order valence-corrected chi connectivity index (χ4v) is 1.34. The molecule has 1 aromatic rings. The van der Waals surface area contributed by atoms with Crippen LogP contribution in [0.15, 0.2) is 24.3 Å². The first-order valence-electron chi connectivity index (χ1n) is 5.04. The van der Waals surface area contributed by atoms with Crippen molar-refractivity contribution >= 4 is 5.97 Å². The molecule has 15 heavy (non-hydrogen) atoms. The zero-order valence-electron chi connectivity index (χ0n) is 9.06. The Hall–Kier alpha value is -1.51. The van der Waals surface area contributed by atoms with Gasteiger partial charge in [-0.1, -0.05) is 32.0 Å². The van der Waals surface area contributed by atoms with Gasteiger partial charge in [-0.2, -0.15) is 0 Å². The number of carboxylic acid groups (broad SMARTS) is 1. The van der Waals surface area contributed by atoms with Crippen molar-refractivity contribution in [3.63, 3.8) is 0 Å². The minimum atomic E-state index is -0.836. The minimum absolute atomic E-state index is 0.0342. The van der Waals surface area contributed by atoms with E-state index in [1.165, 1.54) is 0 Å². The average molecular weight is 208 g/mol. The van der Waals surface area contributed by atoms with Crippen LogP contribution in [-0.2, 0) is 4.79 Å². The van der Waals surface area contributed by atoms with Gasteiger partial charge >= 0.3 is 5.97 Å². The van der Waals surface area contributed by atoms with Crippen molar-refractivity contribution in [3.05, 3.63) is 29.8 Å². The van der Waals surface area contributed by atoms with Gasteiger partial charge in [0.25, 0.3) is 0 Å². The summed E-state index contributed by atoms with van der Waals surface area (Å²) in [5, 5.41) is 8.49. The number of aliphatic carboxylic acids is 1. The lowest BCUT2D eigenvalue weighted by atomic mass is 10.0. The Morgan fingerprint density at radius 3 is 2.67 bits per heavy atom. The zero-order chi connectivity index (χ0) is 11.3. The van der Waals surface area contributed by atoms with E-state index in [1.807, 2.05) is 24.3 Å². The number of para-hydroxylation sites is 1. The summed E-state index contributed by atoms with van der Waals surface area (Å²) in [5.41, 5.74) is 1.11. The summed E-state index contributed by atoms with van der Waals surface area (Å²) in [4.78, 5) is 10.3. The Bertz CT molecular complexity index is 331. The summed E-state index contributed by atoms with van der Waals surface area (Å²) in [6.07, 6.45) is 0.0342. The van der Waals surface area contributed by atoms with E-state index in [-0.39, 0.29) is 13.0 Å². The molecule has 0 saturated carbocycles. The average Bonchev–Trinajstić information content (AvgIpc) is 2.17. The van der Waals surface area contributed by atoms with Gasteiger partial charge in [0.05, 0.1) is 13.0 Å². The van der Waals surface area contributed by atoms with Gasteiger partial charge in [0.1, 0.15) is 5.75 Å². The second-order valence-corrected chi connectivity index (χ2v) is 3.68. The predicted molar refractivity (Wildman–Crippen MR) is 58.3 cm³/mol. The summed E-state index contributed by atoms with van der Waals surface area (Å²) >= 11 is 0. The SMILES string of the molecule is CC(C)c1ccccc1OCCC(=O)O. The van der Waals surface area contributed by atoms with Gasteiger partial charge in [0.2, 0.25) is 0 Å². The predicted octanol–water partition coefficient (Wildman–Crippen LogP) is 2.66. The third-order valence-electron chi connectivity index (χ3n) is 2.11. The molecule has 1 aromatic carbocycles. The molecule has 3 heteroatoms. The number of rotatable bonds is 5. The van der Waals surface area contributed by atoms with Crippen molar-refractivity contribution in [2.45, 2.75) is 26.2 Å². The number of carboxylic acids is 1. The van der Waals surface area contributed by atoms with Crippen LogP contribution >= 0.6 is 0 Å². The molecule has 3 nitrogen and oxygen atoms in total. The smallest absolute Gasteiger partial charge is 0.306 e. The van der Waals surface area contributed by atoms with Crippen molar-refractivity contribution in [2.75, 3.05) is 6.61 Å². The van der Waals surface area contributed by atoms with Crippen LogP contribution in [0.4, 0.5) is 0 Å². The van der Waals surface area contributed by atoms with Gasteiger partial charge < -0.3 is 9.84 Å². The molecule has 82 valence electrons. The van der Waals surface area contributed by atoms with Crippen molar-refractivity contribution in [3.8, 4) is 5.75 Å². The Morgan fingerprint density at radius 1 is 1.40 bits per heavy atom. The van der Waals surface area contributed by atoms with Gasteiger partial charge in [0, 0.05) is 0 Å². The summed E-state index contributed by atoms with van der Waals surface area (Å²) in [6.45, 7) is 4.39. The van der Waals surface area contributed by atoms with Gasteiger partial charge in [-0.25, -0.2) is 0 Å². The zero-order valence-corrected chi connectivity index (χ0v) is 9.06. The highest BCUT2D eigenvalue weighted by Crippen LogP contribution is 2.25. The van der Waals surface area contributed by atoms with E-state index in [2.05, 4.69) is 13.8 Å². The molecule has 0 fully saturated rings. The quantitative estimate of drug-likeness (QED) is 0.809. The molecule has 0 aliphatic carbocycles. The monoisotopic (exact) mass is 208 g/mol. The van der Waals surface area contributed by atoms with Crippen LogP contribution in [0.2, 0.25) is 0 Å². The minimum Gasteiger partial charge on any atom is -0.493 e. The van der Waals surface area contributed by atoms with Crippen LogP contribution in [0, 0.1) is 0 Å². The largest absolute Gasteiger partial charge is 0.493 e. The first-order chi connectivity index (χ1) is 7.11. The normalized spacial score (nSPS) is 10.3. The molecular weight excluding hydrogens is 192 g/mol. The summed E-state index contributed by atoms with van der Waals surface area (Å²) in [6, 6.07) is 7.72. The summed E-state index contributed by atoms with van der Waals surface area (Å²) in [5.74, 6) is 0.330. The molecule has 0 saturated heterocycles. The molecule has 0 aliphatic heterocycles. The van der Waals surface area contributed by atoms with E-state index in [1.54, 1.807) is 0 Å². The molecule has 0 atom stereocenters. The van der Waals surface area contributed by atoms with Crippen molar-refractivity contribution in [1.29, 1.82) is 0 Å². The first kappa shape index (κ1) is 11.6. The van der Waals surface area contributed by atoms with Crippen LogP contribution < -0.4 is 4.74 Å². The van der Waals surface area contributed by atoms with Crippen molar-refractivity contribution < 1.29 is 14.6 Å². The molecule has 0 amide bonds. The van der Waals surface area contributed by atoms with E-state index >= 15 is 0 Å². The number of benzene rings is 1. The molecule has 1 rings (SSSR count). The van der Waals surface area contributed by atoms with E-state index in [9.17, 15) is 4.79 Å². The van der Waals surface area contributed by atoms with Crippen LogP contribution in [0.5, 0.6) is 5.75 Å². The van der Waals surface area contributed by atoms with Crippen LogP contribution in [0.25, 0.3) is 0 Å². The molecule has 0 aliphatic rings.